The molecule has 0 heterocycles. The first-order valence-electron chi connectivity index (χ1n) is 8.34. The van der Waals surface area contributed by atoms with Crippen molar-refractivity contribution in [2.45, 2.75) is 31.8 Å². The van der Waals surface area contributed by atoms with Crippen LogP contribution in [0.25, 0.3) is 0 Å². The largest absolute Gasteiger partial charge is 0.495 e. The van der Waals surface area contributed by atoms with Gasteiger partial charge in [-0.05, 0) is 62.2 Å². The number of esters is 1. The van der Waals surface area contributed by atoms with Crippen LogP contribution < -0.4 is 10.1 Å². The molecule has 0 aromatic heterocycles. The van der Waals surface area contributed by atoms with E-state index in [0.717, 1.165) is 10.5 Å². The third-order valence-electron chi connectivity index (χ3n) is 3.93. The van der Waals surface area contributed by atoms with Crippen LogP contribution in [0.3, 0.4) is 0 Å². The van der Waals surface area contributed by atoms with E-state index in [1.165, 1.54) is 31.4 Å². The van der Waals surface area contributed by atoms with E-state index in [1.54, 1.807) is 18.2 Å². The maximum atomic E-state index is 12.3. The third kappa shape index (κ3) is 6.19. The molecule has 0 aliphatic heterocycles. The Balaban J connectivity index is 1.89. The summed E-state index contributed by atoms with van der Waals surface area (Å²) in [5.74, 6) is -0.323. The number of thioether (sulfide) groups is 1. The molecule has 0 unspecified atom stereocenters. The van der Waals surface area contributed by atoms with Gasteiger partial charge in [0, 0.05) is 9.92 Å². The van der Waals surface area contributed by atoms with Gasteiger partial charge in [-0.2, -0.15) is 0 Å². The average Bonchev–Trinajstić information content (AvgIpc) is 2.63. The Bertz CT molecular complexity index is 841. The zero-order chi connectivity index (χ0) is 20.0. The van der Waals surface area contributed by atoms with Crippen molar-refractivity contribution in [1.82, 2.24) is 0 Å². The van der Waals surface area contributed by atoms with Gasteiger partial charge >= 0.3 is 5.97 Å². The molecule has 1 amide bonds. The van der Waals surface area contributed by atoms with Gasteiger partial charge in [-0.15, -0.1) is 11.8 Å². The second-order valence-electron chi connectivity index (χ2n) is 6.00. The molecule has 2 aromatic rings. The van der Waals surface area contributed by atoms with Gasteiger partial charge < -0.3 is 14.8 Å². The second-order valence-corrected chi connectivity index (χ2v) is 7.49. The molecular formula is C20H22ClNO4S. The molecule has 0 saturated carbocycles. The molecular weight excluding hydrogens is 386 g/mol. The van der Waals surface area contributed by atoms with Crippen molar-refractivity contribution in [3.63, 3.8) is 0 Å². The summed E-state index contributed by atoms with van der Waals surface area (Å²) in [5, 5.41) is 3.12. The number of halogens is 1. The molecule has 2 aromatic carbocycles. The zero-order valence-corrected chi connectivity index (χ0v) is 17.2. The van der Waals surface area contributed by atoms with Crippen molar-refractivity contribution in [1.29, 1.82) is 0 Å². The van der Waals surface area contributed by atoms with Crippen LogP contribution in [-0.2, 0) is 14.3 Å². The highest BCUT2D eigenvalue weighted by Gasteiger charge is 2.19. The van der Waals surface area contributed by atoms with Crippen LogP contribution in [-0.4, -0.2) is 30.8 Å². The van der Waals surface area contributed by atoms with E-state index in [0.29, 0.717) is 16.5 Å². The van der Waals surface area contributed by atoms with Crippen molar-refractivity contribution < 1.29 is 19.1 Å². The number of rotatable bonds is 7. The summed E-state index contributed by atoms with van der Waals surface area (Å²) in [5.41, 5.74) is 2.78. The summed E-state index contributed by atoms with van der Waals surface area (Å²) in [6, 6.07) is 10.9. The number of carbonyl (C=O) groups is 2. The van der Waals surface area contributed by atoms with E-state index < -0.39 is 18.0 Å². The summed E-state index contributed by atoms with van der Waals surface area (Å²) in [6.07, 6.45) is -0.943. The Kier molecular flexibility index (Phi) is 7.56. The molecule has 27 heavy (non-hydrogen) atoms. The molecule has 0 aliphatic carbocycles. The predicted molar refractivity (Wildman–Crippen MR) is 109 cm³/mol. The van der Waals surface area contributed by atoms with Crippen LogP contribution in [0.1, 0.15) is 18.1 Å². The lowest BCUT2D eigenvalue weighted by molar-refractivity contribution is -0.150. The second kappa shape index (κ2) is 9.67. The highest BCUT2D eigenvalue weighted by Crippen LogP contribution is 2.28. The number of ether oxygens (including phenoxy) is 2. The maximum Gasteiger partial charge on any atom is 0.317 e. The highest BCUT2D eigenvalue weighted by atomic mass is 35.5. The van der Waals surface area contributed by atoms with Crippen molar-refractivity contribution in [2.75, 3.05) is 18.2 Å². The number of carbonyl (C=O) groups excluding carboxylic acids is 2. The number of aryl methyl sites for hydroxylation is 2. The van der Waals surface area contributed by atoms with Gasteiger partial charge in [-0.25, -0.2) is 0 Å². The van der Waals surface area contributed by atoms with E-state index in [1.807, 2.05) is 32.0 Å². The van der Waals surface area contributed by atoms with Crippen molar-refractivity contribution in [3.8, 4) is 5.75 Å². The van der Waals surface area contributed by atoms with E-state index in [-0.39, 0.29) is 5.75 Å². The number of benzene rings is 2. The summed E-state index contributed by atoms with van der Waals surface area (Å²) in [6.45, 7) is 5.58. The smallest absolute Gasteiger partial charge is 0.317 e. The minimum Gasteiger partial charge on any atom is -0.495 e. The minimum atomic E-state index is -0.943. The van der Waals surface area contributed by atoms with Crippen molar-refractivity contribution in [3.05, 3.63) is 52.5 Å². The molecule has 1 N–H and O–H groups in total. The van der Waals surface area contributed by atoms with Crippen molar-refractivity contribution in [2.24, 2.45) is 0 Å². The first-order chi connectivity index (χ1) is 12.8. The SMILES string of the molecule is COc1ccc(Cl)cc1NC(=O)[C@H](C)OC(=O)CSc1ccc(C)c(C)c1. The molecule has 0 aliphatic rings. The van der Waals surface area contributed by atoms with Crippen molar-refractivity contribution >= 4 is 40.9 Å². The number of hydrogen-bond acceptors (Lipinski definition) is 5. The molecule has 2 rings (SSSR count). The summed E-state index contributed by atoms with van der Waals surface area (Å²) in [4.78, 5) is 25.3. The van der Waals surface area contributed by atoms with Gasteiger partial charge in [0.25, 0.3) is 5.91 Å². The van der Waals surface area contributed by atoms with Crippen LogP contribution in [0.4, 0.5) is 5.69 Å². The Morgan fingerprint density at radius 3 is 2.56 bits per heavy atom. The fourth-order valence-corrected chi connectivity index (χ4v) is 3.19. The zero-order valence-electron chi connectivity index (χ0n) is 15.7. The molecule has 0 spiro atoms. The number of nitrogens with one attached hydrogen (secondary N) is 1. The highest BCUT2D eigenvalue weighted by molar-refractivity contribution is 8.00. The molecule has 0 bridgehead atoms. The van der Waals surface area contributed by atoms with Crippen LogP contribution in [0, 0.1) is 13.8 Å². The lowest BCUT2D eigenvalue weighted by Crippen LogP contribution is -2.30. The number of methoxy groups -OCH3 is 1. The number of hydrogen-bond donors (Lipinski definition) is 1. The predicted octanol–water partition coefficient (Wildman–Crippen LogP) is 4.63. The van der Waals surface area contributed by atoms with Gasteiger partial charge in [-0.1, -0.05) is 17.7 Å². The number of amides is 1. The normalized spacial score (nSPS) is 11.6. The first kappa shape index (κ1) is 21.1. The minimum absolute atomic E-state index is 0.126. The monoisotopic (exact) mass is 407 g/mol. The quantitative estimate of drug-likeness (QED) is 0.535. The molecule has 0 saturated heterocycles. The summed E-state index contributed by atoms with van der Waals surface area (Å²) < 4.78 is 10.4. The van der Waals surface area contributed by atoms with E-state index >= 15 is 0 Å². The van der Waals surface area contributed by atoms with E-state index in [4.69, 9.17) is 21.1 Å². The standard InChI is InChI=1S/C20H22ClNO4S/c1-12-5-7-16(9-13(12)2)27-11-19(23)26-14(3)20(24)22-17-10-15(21)6-8-18(17)25-4/h5-10,14H,11H2,1-4H3,(H,22,24)/t14-/m0/s1. The summed E-state index contributed by atoms with van der Waals surface area (Å²) in [7, 11) is 1.49. The van der Waals surface area contributed by atoms with E-state index in [9.17, 15) is 9.59 Å². The molecule has 5 nitrogen and oxygen atoms in total. The van der Waals surface area contributed by atoms with Gasteiger partial charge in [0.2, 0.25) is 0 Å². The number of anilines is 1. The van der Waals surface area contributed by atoms with Crippen LogP contribution >= 0.6 is 23.4 Å². The maximum absolute atomic E-state index is 12.3. The Morgan fingerprint density at radius 1 is 1.15 bits per heavy atom. The molecule has 7 heteroatoms. The van der Waals surface area contributed by atoms with Gasteiger partial charge in [-0.3, -0.25) is 9.59 Å². The third-order valence-corrected chi connectivity index (χ3v) is 5.13. The molecule has 144 valence electrons. The lowest BCUT2D eigenvalue weighted by Gasteiger charge is -2.15. The van der Waals surface area contributed by atoms with Crippen LogP contribution in [0.15, 0.2) is 41.3 Å². The Hall–Kier alpha value is -2.18. The van der Waals surface area contributed by atoms with Gasteiger partial charge in [0.1, 0.15) is 5.75 Å². The molecule has 0 fully saturated rings. The fraction of sp³-hybridized carbons (Fsp3) is 0.300. The first-order valence-corrected chi connectivity index (χ1v) is 9.70. The molecule has 1 atom stereocenters. The van der Waals surface area contributed by atoms with Gasteiger partial charge in [0.15, 0.2) is 6.10 Å². The van der Waals surface area contributed by atoms with Gasteiger partial charge in [0.05, 0.1) is 18.6 Å². The topological polar surface area (TPSA) is 64.6 Å². The van der Waals surface area contributed by atoms with Crippen LogP contribution in [0.2, 0.25) is 5.02 Å². The lowest BCUT2D eigenvalue weighted by atomic mass is 10.1. The average molecular weight is 408 g/mol. The summed E-state index contributed by atoms with van der Waals surface area (Å²) >= 11 is 7.32. The fourth-order valence-electron chi connectivity index (χ4n) is 2.24. The van der Waals surface area contributed by atoms with E-state index in [2.05, 4.69) is 5.32 Å². The molecule has 0 radical (unpaired) electrons. The van der Waals surface area contributed by atoms with Crippen LogP contribution in [0.5, 0.6) is 5.75 Å². The Morgan fingerprint density at radius 2 is 1.89 bits per heavy atom. The Labute approximate surface area is 168 Å².